The van der Waals surface area contributed by atoms with E-state index in [1.54, 1.807) is 36.7 Å². The Morgan fingerprint density at radius 1 is 1.18 bits per heavy atom. The molecule has 1 aromatic carbocycles. The van der Waals surface area contributed by atoms with E-state index in [0.29, 0.717) is 11.4 Å². The van der Waals surface area contributed by atoms with Gasteiger partial charge in [-0.3, -0.25) is 15.1 Å². The molecule has 0 saturated carbocycles. The van der Waals surface area contributed by atoms with Gasteiger partial charge in [0, 0.05) is 24.0 Å². The summed E-state index contributed by atoms with van der Waals surface area (Å²) >= 11 is 0. The Bertz CT molecular complexity index is 742. The van der Waals surface area contributed by atoms with E-state index in [1.807, 2.05) is 24.3 Å². The number of hydrogen-bond acceptors (Lipinski definition) is 5. The van der Waals surface area contributed by atoms with Gasteiger partial charge in [0.2, 0.25) is 5.88 Å². The maximum atomic E-state index is 11.8. The summed E-state index contributed by atoms with van der Waals surface area (Å²) in [5.41, 5.74) is 1.42. The first-order valence-electron chi connectivity index (χ1n) is 6.66. The molecule has 110 valence electrons. The summed E-state index contributed by atoms with van der Waals surface area (Å²) in [6.07, 6.45) is 3.34. The van der Waals surface area contributed by atoms with Crippen molar-refractivity contribution in [3.05, 3.63) is 60.9 Å². The summed E-state index contributed by atoms with van der Waals surface area (Å²) in [7, 11) is 0. The number of pyridine rings is 1. The molecule has 0 aliphatic heterocycles. The Kier molecular flexibility index (Phi) is 4.10. The second-order valence-electron chi connectivity index (χ2n) is 4.47. The van der Waals surface area contributed by atoms with Gasteiger partial charge in [0.15, 0.2) is 6.61 Å². The van der Waals surface area contributed by atoms with Gasteiger partial charge in [-0.1, -0.05) is 23.4 Å². The highest BCUT2D eigenvalue weighted by Crippen LogP contribution is 2.20. The fourth-order valence-electron chi connectivity index (χ4n) is 1.82. The number of rotatable bonds is 5. The van der Waals surface area contributed by atoms with Crippen LogP contribution in [0.1, 0.15) is 0 Å². The molecule has 0 aliphatic carbocycles. The molecule has 0 unspecified atom stereocenters. The van der Waals surface area contributed by atoms with Crippen molar-refractivity contribution >= 4 is 11.8 Å². The molecule has 0 fully saturated rings. The molecule has 6 nitrogen and oxygen atoms in total. The van der Waals surface area contributed by atoms with Crippen molar-refractivity contribution < 1.29 is 14.1 Å². The third-order valence-electron chi connectivity index (χ3n) is 2.84. The van der Waals surface area contributed by atoms with Crippen molar-refractivity contribution in [2.45, 2.75) is 0 Å². The average molecular weight is 295 g/mol. The Balaban J connectivity index is 1.57. The van der Waals surface area contributed by atoms with Gasteiger partial charge < -0.3 is 9.26 Å². The number of carbonyl (C=O) groups is 1. The van der Waals surface area contributed by atoms with E-state index in [1.165, 1.54) is 0 Å². The first kappa shape index (κ1) is 13.8. The zero-order valence-corrected chi connectivity index (χ0v) is 11.6. The number of para-hydroxylation sites is 1. The maximum Gasteiger partial charge on any atom is 0.264 e. The molecule has 0 atom stereocenters. The van der Waals surface area contributed by atoms with E-state index in [0.717, 1.165) is 5.56 Å². The monoisotopic (exact) mass is 295 g/mol. The van der Waals surface area contributed by atoms with Gasteiger partial charge in [-0.15, -0.1) is 0 Å². The molecular weight excluding hydrogens is 282 g/mol. The van der Waals surface area contributed by atoms with E-state index in [-0.39, 0.29) is 18.4 Å². The lowest BCUT2D eigenvalue weighted by Crippen LogP contribution is -2.19. The minimum Gasteiger partial charge on any atom is -0.484 e. The van der Waals surface area contributed by atoms with Crippen molar-refractivity contribution in [1.82, 2.24) is 10.1 Å². The minimum atomic E-state index is -0.322. The summed E-state index contributed by atoms with van der Waals surface area (Å²) in [4.78, 5) is 15.8. The maximum absolute atomic E-state index is 11.8. The lowest BCUT2D eigenvalue weighted by atomic mass is 10.2. The van der Waals surface area contributed by atoms with Crippen molar-refractivity contribution in [3.63, 3.8) is 0 Å². The SMILES string of the molecule is O=C(COc1ccccc1)Nc1cc(-c2cccnc2)no1. The molecule has 0 saturated heterocycles. The van der Waals surface area contributed by atoms with Crippen LogP contribution >= 0.6 is 0 Å². The normalized spacial score (nSPS) is 10.2. The summed E-state index contributed by atoms with van der Waals surface area (Å²) in [6.45, 7) is -0.104. The predicted molar refractivity (Wildman–Crippen MR) is 80.3 cm³/mol. The number of ether oxygens (including phenoxy) is 1. The van der Waals surface area contributed by atoms with Gasteiger partial charge in [-0.05, 0) is 24.3 Å². The van der Waals surface area contributed by atoms with E-state index < -0.39 is 0 Å². The first-order chi connectivity index (χ1) is 10.8. The van der Waals surface area contributed by atoms with Crippen LogP contribution in [0.2, 0.25) is 0 Å². The molecule has 3 aromatic rings. The van der Waals surface area contributed by atoms with Crippen LogP contribution in [0.25, 0.3) is 11.3 Å². The number of benzene rings is 1. The molecule has 3 rings (SSSR count). The lowest BCUT2D eigenvalue weighted by Gasteiger charge is -2.04. The second-order valence-corrected chi connectivity index (χ2v) is 4.47. The van der Waals surface area contributed by atoms with E-state index in [2.05, 4.69) is 15.5 Å². The summed E-state index contributed by atoms with van der Waals surface area (Å²) in [6, 6.07) is 14.4. The Hall–Kier alpha value is -3.15. The van der Waals surface area contributed by atoms with Gasteiger partial charge in [-0.2, -0.15) is 0 Å². The van der Waals surface area contributed by atoms with Gasteiger partial charge in [0.1, 0.15) is 11.4 Å². The Labute approximate surface area is 126 Å². The highest BCUT2D eigenvalue weighted by Gasteiger charge is 2.10. The van der Waals surface area contributed by atoms with E-state index in [9.17, 15) is 4.79 Å². The van der Waals surface area contributed by atoms with Crippen LogP contribution in [0.4, 0.5) is 5.88 Å². The molecule has 0 spiro atoms. The number of hydrogen-bond donors (Lipinski definition) is 1. The van der Waals surface area contributed by atoms with Crippen molar-refractivity contribution in [3.8, 4) is 17.0 Å². The van der Waals surface area contributed by atoms with Crippen LogP contribution in [0.3, 0.4) is 0 Å². The van der Waals surface area contributed by atoms with Crippen LogP contribution in [-0.4, -0.2) is 22.7 Å². The summed E-state index contributed by atoms with van der Waals surface area (Å²) in [5, 5.41) is 6.48. The third-order valence-corrected chi connectivity index (χ3v) is 2.84. The third kappa shape index (κ3) is 3.49. The highest BCUT2D eigenvalue weighted by molar-refractivity contribution is 5.91. The molecule has 1 N–H and O–H groups in total. The van der Waals surface area contributed by atoms with Crippen molar-refractivity contribution in [2.75, 3.05) is 11.9 Å². The fourth-order valence-corrected chi connectivity index (χ4v) is 1.82. The number of amides is 1. The number of anilines is 1. The highest BCUT2D eigenvalue weighted by atomic mass is 16.5. The van der Waals surface area contributed by atoms with Crippen LogP contribution in [0, 0.1) is 0 Å². The largest absolute Gasteiger partial charge is 0.484 e. The molecule has 0 bridgehead atoms. The van der Waals surface area contributed by atoms with Crippen molar-refractivity contribution in [1.29, 1.82) is 0 Å². The molecule has 2 heterocycles. The summed E-state index contributed by atoms with van der Waals surface area (Å²) in [5.74, 6) is 0.574. The molecule has 0 aliphatic rings. The van der Waals surface area contributed by atoms with Crippen molar-refractivity contribution in [2.24, 2.45) is 0 Å². The zero-order chi connectivity index (χ0) is 15.2. The van der Waals surface area contributed by atoms with Crippen LogP contribution < -0.4 is 10.1 Å². The smallest absolute Gasteiger partial charge is 0.264 e. The summed E-state index contributed by atoms with van der Waals surface area (Å²) < 4.78 is 10.4. The first-order valence-corrected chi connectivity index (χ1v) is 6.66. The predicted octanol–water partition coefficient (Wildman–Crippen LogP) is 2.75. The molecular formula is C16H13N3O3. The zero-order valence-electron chi connectivity index (χ0n) is 11.6. The number of aromatic nitrogens is 2. The quantitative estimate of drug-likeness (QED) is 0.783. The Morgan fingerprint density at radius 2 is 2.05 bits per heavy atom. The molecule has 2 aromatic heterocycles. The second kappa shape index (κ2) is 6.53. The van der Waals surface area contributed by atoms with Crippen LogP contribution in [0.5, 0.6) is 5.75 Å². The number of nitrogens with zero attached hydrogens (tertiary/aromatic N) is 2. The fraction of sp³-hybridized carbons (Fsp3) is 0.0625. The number of carbonyl (C=O) groups excluding carboxylic acids is 1. The van der Waals surface area contributed by atoms with Crippen LogP contribution in [-0.2, 0) is 4.79 Å². The minimum absolute atomic E-state index is 0.104. The van der Waals surface area contributed by atoms with E-state index in [4.69, 9.17) is 9.26 Å². The number of nitrogens with one attached hydrogen (secondary N) is 1. The van der Waals surface area contributed by atoms with E-state index >= 15 is 0 Å². The standard InChI is InChI=1S/C16H13N3O3/c20-15(11-21-13-6-2-1-3-7-13)18-16-9-14(19-22-16)12-5-4-8-17-10-12/h1-10H,11H2,(H,18,20). The van der Waals surface area contributed by atoms with Gasteiger partial charge in [0.05, 0.1) is 0 Å². The van der Waals surface area contributed by atoms with Gasteiger partial charge >= 0.3 is 0 Å². The Morgan fingerprint density at radius 3 is 2.82 bits per heavy atom. The molecule has 22 heavy (non-hydrogen) atoms. The topological polar surface area (TPSA) is 77.2 Å². The molecule has 6 heteroatoms. The lowest BCUT2D eigenvalue weighted by molar-refractivity contribution is -0.118. The van der Waals surface area contributed by atoms with Crippen LogP contribution in [0.15, 0.2) is 65.4 Å². The average Bonchev–Trinajstić information content (AvgIpc) is 3.03. The molecule has 0 radical (unpaired) electrons. The van der Waals surface area contributed by atoms with Gasteiger partial charge in [0.25, 0.3) is 5.91 Å². The van der Waals surface area contributed by atoms with Gasteiger partial charge in [-0.25, -0.2) is 0 Å². The molecule has 1 amide bonds.